The van der Waals surface area contributed by atoms with Crippen molar-refractivity contribution in [2.24, 2.45) is 0 Å². The predicted molar refractivity (Wildman–Crippen MR) is 146 cm³/mol. The zero-order chi connectivity index (χ0) is 24.2. The summed E-state index contributed by atoms with van der Waals surface area (Å²) in [6.07, 6.45) is 0. The van der Waals surface area contributed by atoms with Crippen molar-refractivity contribution in [1.29, 1.82) is 0 Å². The number of hydrogen-bond acceptors (Lipinski definition) is 5. The molecule has 0 aromatic carbocycles. The highest BCUT2D eigenvalue weighted by molar-refractivity contribution is 6.99. The van der Waals surface area contributed by atoms with Crippen LogP contribution in [0.25, 0.3) is 0 Å². The smallest absolute Gasteiger partial charge is 0.418 e. The lowest BCUT2D eigenvalue weighted by Crippen LogP contribution is -2.68. The largest absolute Gasteiger partial charge is 0.472 e. The summed E-state index contributed by atoms with van der Waals surface area (Å²) in [5.41, 5.74) is 0. The van der Waals surface area contributed by atoms with Crippen molar-refractivity contribution in [3.8, 4) is 0 Å². The van der Waals surface area contributed by atoms with Crippen LogP contribution < -0.4 is 0 Å². The highest BCUT2D eigenvalue weighted by Crippen LogP contribution is 2.45. The second kappa shape index (κ2) is 11.0. The molecule has 0 aliphatic carbocycles. The minimum absolute atomic E-state index is 0.170. The number of rotatable bonds is 14. The number of hydrogen-bond donors (Lipinski definition) is 0. The van der Waals surface area contributed by atoms with E-state index in [4.69, 9.17) is 21.2 Å². The van der Waals surface area contributed by atoms with E-state index in [9.17, 15) is 0 Å². The van der Waals surface area contributed by atoms with E-state index >= 15 is 0 Å². The summed E-state index contributed by atoms with van der Waals surface area (Å²) >= 11 is 0. The van der Waals surface area contributed by atoms with Crippen LogP contribution in [0.2, 0.25) is 96.3 Å². The molecule has 0 N–H and O–H groups in total. The van der Waals surface area contributed by atoms with Gasteiger partial charge in [-0.2, -0.15) is 0 Å². The Morgan fingerprint density at radius 3 is 1.13 bits per heavy atom. The second-order valence-electron chi connectivity index (χ2n) is 12.2. The summed E-state index contributed by atoms with van der Waals surface area (Å²) in [4.78, 5) is 0. The molecule has 182 valence electrons. The maximum Gasteiger partial charge on any atom is 0.472 e. The van der Waals surface area contributed by atoms with Gasteiger partial charge in [0.2, 0.25) is 0 Å². The lowest BCUT2D eigenvalue weighted by molar-refractivity contribution is 0.235. The molecule has 0 aliphatic heterocycles. The highest BCUT2D eigenvalue weighted by atomic mass is 28.5. The fourth-order valence-corrected chi connectivity index (χ4v) is 31.3. The summed E-state index contributed by atoms with van der Waals surface area (Å²) in [6.45, 7) is 35.2. The van der Waals surface area contributed by atoms with Gasteiger partial charge in [0.25, 0.3) is 0 Å². The molecule has 1 atom stereocenters. The Bertz CT molecular complexity index is 482. The van der Waals surface area contributed by atoms with Gasteiger partial charge in [-0.15, -0.1) is 0 Å². The topological polar surface area (TPSA) is 46.2 Å². The van der Waals surface area contributed by atoms with Crippen LogP contribution in [0, 0.1) is 0 Å². The fraction of sp³-hybridized carbons (Fsp3) is 1.00. The first-order valence-electron chi connectivity index (χ1n) is 11.5. The van der Waals surface area contributed by atoms with Crippen molar-refractivity contribution in [2.75, 3.05) is 13.2 Å². The van der Waals surface area contributed by atoms with Crippen molar-refractivity contribution in [1.82, 2.24) is 0 Å². The fourth-order valence-electron chi connectivity index (χ4n) is 3.77. The summed E-state index contributed by atoms with van der Waals surface area (Å²) in [5, 5.41) is 0.170. The summed E-state index contributed by atoms with van der Waals surface area (Å²) in [5.74, 6) is 0. The van der Waals surface area contributed by atoms with E-state index in [2.05, 4.69) is 99.0 Å². The van der Waals surface area contributed by atoms with Crippen molar-refractivity contribution < 1.29 is 21.2 Å². The van der Waals surface area contributed by atoms with Gasteiger partial charge in [0.15, 0.2) is 41.6 Å². The Morgan fingerprint density at radius 2 is 0.867 bits per heavy atom. The summed E-state index contributed by atoms with van der Waals surface area (Å²) in [7, 11) is -13.1. The molecule has 0 amide bonds. The molecule has 0 bridgehead atoms. The van der Waals surface area contributed by atoms with Crippen molar-refractivity contribution in [2.45, 2.75) is 110 Å². The maximum absolute atomic E-state index is 7.12. The molecule has 0 aromatic heterocycles. The van der Waals surface area contributed by atoms with Crippen LogP contribution >= 0.6 is 0 Å². The van der Waals surface area contributed by atoms with Crippen molar-refractivity contribution in [3.05, 3.63) is 0 Å². The van der Waals surface area contributed by atoms with Crippen LogP contribution in [0.4, 0.5) is 0 Å². The highest BCUT2D eigenvalue weighted by Gasteiger charge is 2.62. The maximum atomic E-state index is 7.12. The molecule has 0 saturated heterocycles. The molecule has 1 unspecified atom stereocenters. The predicted octanol–water partition coefficient (Wildman–Crippen LogP) is 6.87. The quantitative estimate of drug-likeness (QED) is 0.230. The molecule has 11 heteroatoms. The molecule has 0 rings (SSSR count). The Labute approximate surface area is 194 Å². The van der Waals surface area contributed by atoms with Gasteiger partial charge in [-0.1, -0.05) is 0 Å². The van der Waals surface area contributed by atoms with Gasteiger partial charge in [-0.05, 0) is 105 Å². The van der Waals surface area contributed by atoms with E-state index in [-0.39, 0.29) is 5.16 Å². The van der Waals surface area contributed by atoms with Gasteiger partial charge >= 0.3 is 8.80 Å². The minimum Gasteiger partial charge on any atom is -0.418 e. The first kappa shape index (κ1) is 31.1. The Kier molecular flexibility index (Phi) is 11.4. The van der Waals surface area contributed by atoms with E-state index in [1.807, 2.05) is 0 Å². The Balaban J connectivity index is 6.85. The standard InChI is InChI=1S/C19H52O5Si6/c1-16-20-28(12,13)18-19(29(14,15)21-17-2)30(22-25(3,4)5,23-26(6,7)8)24-27(9,10)11/h19H,16-18H2,1-15H3. The van der Waals surface area contributed by atoms with Gasteiger partial charge in [-0.25, -0.2) is 0 Å². The first-order chi connectivity index (χ1) is 13.1. The van der Waals surface area contributed by atoms with Gasteiger partial charge in [0, 0.05) is 18.4 Å². The second-order valence-corrected chi connectivity index (χ2v) is 38.2. The van der Waals surface area contributed by atoms with Crippen LogP contribution in [-0.2, 0) is 21.2 Å². The molecule has 0 heterocycles. The molecule has 5 nitrogen and oxygen atoms in total. The lowest BCUT2D eigenvalue weighted by atomic mass is 10.9. The molecule has 0 aromatic rings. The average molecular weight is 529 g/mol. The van der Waals surface area contributed by atoms with Crippen LogP contribution in [0.15, 0.2) is 0 Å². The third kappa shape index (κ3) is 11.8. The molecule has 0 spiro atoms. The van der Waals surface area contributed by atoms with Gasteiger partial charge in [0.05, 0.1) is 0 Å². The van der Waals surface area contributed by atoms with Gasteiger partial charge in [0.1, 0.15) is 0 Å². The van der Waals surface area contributed by atoms with E-state index in [1.54, 1.807) is 0 Å². The third-order valence-electron chi connectivity index (χ3n) is 4.36. The molecule has 0 aliphatic rings. The lowest BCUT2D eigenvalue weighted by Gasteiger charge is -2.51. The van der Waals surface area contributed by atoms with E-state index < -0.39 is 50.4 Å². The van der Waals surface area contributed by atoms with Crippen LogP contribution in [-0.4, -0.2) is 63.6 Å². The third-order valence-corrected chi connectivity index (χ3v) is 25.5. The van der Waals surface area contributed by atoms with E-state index in [0.717, 1.165) is 12.7 Å². The summed E-state index contributed by atoms with van der Waals surface area (Å²) in [6, 6.07) is 0.964. The van der Waals surface area contributed by atoms with Gasteiger partial charge < -0.3 is 21.2 Å². The molecule has 0 radical (unpaired) electrons. The van der Waals surface area contributed by atoms with E-state index in [0.29, 0.717) is 6.61 Å². The average Bonchev–Trinajstić information content (AvgIpc) is 2.38. The monoisotopic (exact) mass is 528 g/mol. The Morgan fingerprint density at radius 1 is 0.533 bits per heavy atom. The normalized spacial score (nSPS) is 16.1. The first-order valence-corrected chi connectivity index (χ1v) is 29.6. The van der Waals surface area contributed by atoms with Crippen LogP contribution in [0.3, 0.4) is 0 Å². The van der Waals surface area contributed by atoms with E-state index in [1.165, 1.54) is 0 Å². The molecule has 0 saturated carbocycles. The molecule has 30 heavy (non-hydrogen) atoms. The van der Waals surface area contributed by atoms with Crippen molar-refractivity contribution >= 4 is 50.4 Å². The molecular formula is C19H52O5Si6. The van der Waals surface area contributed by atoms with Gasteiger partial charge in [-0.3, -0.25) is 0 Å². The molecular weight excluding hydrogens is 477 g/mol. The summed E-state index contributed by atoms with van der Waals surface area (Å²) < 4.78 is 34.2. The zero-order valence-electron chi connectivity index (χ0n) is 22.7. The van der Waals surface area contributed by atoms with Crippen LogP contribution in [0.5, 0.6) is 0 Å². The Hall–Kier alpha value is 1.10. The minimum atomic E-state index is -3.07. The van der Waals surface area contributed by atoms with Crippen LogP contribution in [0.1, 0.15) is 13.8 Å². The van der Waals surface area contributed by atoms with Crippen molar-refractivity contribution in [3.63, 3.8) is 0 Å². The zero-order valence-corrected chi connectivity index (χ0v) is 28.7. The SMILES string of the molecule is CCO[Si](C)(C)CC([Si](C)(C)OCC)[Si](O[Si](C)(C)C)(O[Si](C)(C)C)O[Si](C)(C)C. The molecule has 0 fully saturated rings.